The molecule has 2 N–H and O–H groups in total. The number of H-pyrrole nitrogens is 1. The zero-order chi connectivity index (χ0) is 23.5. The molecule has 0 bridgehead atoms. The van der Waals surface area contributed by atoms with E-state index in [2.05, 4.69) is 15.2 Å². The summed E-state index contributed by atoms with van der Waals surface area (Å²) in [4.78, 5) is 45.3. The number of aromatic amines is 1. The number of amides is 2. The second-order valence-electron chi connectivity index (χ2n) is 7.98. The van der Waals surface area contributed by atoms with Crippen molar-refractivity contribution in [2.45, 2.75) is 20.4 Å². The molecule has 2 amide bonds. The van der Waals surface area contributed by atoms with E-state index in [1.807, 2.05) is 24.3 Å². The number of rotatable bonds is 6. The summed E-state index contributed by atoms with van der Waals surface area (Å²) < 4.78 is 5.22. The summed E-state index contributed by atoms with van der Waals surface area (Å²) in [6.45, 7) is 5.64. The fourth-order valence-corrected chi connectivity index (χ4v) is 4.26. The van der Waals surface area contributed by atoms with E-state index in [0.717, 1.165) is 5.69 Å². The molecule has 1 aliphatic heterocycles. The number of benzene rings is 1. The number of anilines is 1. The number of nitrogens with one attached hydrogen (secondary N) is 2. The van der Waals surface area contributed by atoms with Crippen molar-refractivity contribution in [2.75, 3.05) is 31.1 Å². The average Bonchev–Trinajstić information content (AvgIpc) is 3.44. The van der Waals surface area contributed by atoms with Gasteiger partial charge in [-0.1, -0.05) is 17.7 Å². The molecule has 3 heterocycles. The zero-order valence-corrected chi connectivity index (χ0v) is 19.2. The van der Waals surface area contributed by atoms with Gasteiger partial charge in [-0.3, -0.25) is 14.4 Å². The molecule has 33 heavy (non-hydrogen) atoms. The van der Waals surface area contributed by atoms with Crippen molar-refractivity contribution in [3.05, 3.63) is 76.0 Å². The van der Waals surface area contributed by atoms with Crippen LogP contribution in [0.4, 0.5) is 5.69 Å². The van der Waals surface area contributed by atoms with Crippen LogP contribution in [-0.2, 0) is 11.3 Å². The number of ketones is 1. The minimum Gasteiger partial charge on any atom is -0.467 e. The lowest BCUT2D eigenvalue weighted by atomic mass is 10.0. The minimum atomic E-state index is -0.609. The van der Waals surface area contributed by atoms with Gasteiger partial charge in [0.05, 0.1) is 18.4 Å². The Hall–Kier alpha value is -3.52. The highest BCUT2D eigenvalue weighted by atomic mass is 35.5. The summed E-state index contributed by atoms with van der Waals surface area (Å²) in [6.07, 6.45) is 1.53. The van der Waals surface area contributed by atoms with E-state index in [1.165, 1.54) is 6.26 Å². The van der Waals surface area contributed by atoms with Gasteiger partial charge in [-0.2, -0.15) is 0 Å². The number of hydrogen-bond acceptors (Lipinski definition) is 5. The minimum absolute atomic E-state index is 0.225. The zero-order valence-electron chi connectivity index (χ0n) is 18.5. The molecular formula is C24H25ClN4O4. The lowest BCUT2D eigenvalue weighted by Crippen LogP contribution is -2.50. The molecule has 172 valence electrons. The Morgan fingerprint density at radius 3 is 2.52 bits per heavy atom. The van der Waals surface area contributed by atoms with Crippen molar-refractivity contribution < 1.29 is 18.8 Å². The molecule has 4 rings (SSSR count). The van der Waals surface area contributed by atoms with Gasteiger partial charge in [0.15, 0.2) is 0 Å². The highest BCUT2D eigenvalue weighted by molar-refractivity contribution is 6.43. The van der Waals surface area contributed by atoms with Gasteiger partial charge >= 0.3 is 0 Å². The highest BCUT2D eigenvalue weighted by Crippen LogP contribution is 2.23. The molecule has 8 nitrogen and oxygen atoms in total. The lowest BCUT2D eigenvalue weighted by Gasteiger charge is -2.35. The highest BCUT2D eigenvalue weighted by Gasteiger charge is 2.31. The fraction of sp³-hybridized carbons (Fsp3) is 0.292. The normalized spacial score (nSPS) is 13.8. The maximum absolute atomic E-state index is 13.1. The van der Waals surface area contributed by atoms with Gasteiger partial charge in [-0.25, -0.2) is 0 Å². The number of carbonyl (C=O) groups excluding carboxylic acids is 3. The molecular weight excluding hydrogens is 444 g/mol. The molecule has 1 fully saturated rings. The standard InChI is InChI=1S/C24H25ClN4O4/c1-15-20(16(2)27-21(15)23(31)26-14-19-7-4-12-33-19)22(30)24(32)29-10-8-28(9-11-29)18-6-3-5-17(25)13-18/h3-7,12-13,27H,8-11,14H2,1-2H3,(H,26,31). The SMILES string of the molecule is Cc1[nH]c(C(=O)NCc2ccco2)c(C)c1C(=O)C(=O)N1CCN(c2cccc(Cl)c2)CC1. The Bertz CT molecular complexity index is 1180. The topological polar surface area (TPSA) is 98.6 Å². The molecule has 0 spiro atoms. The first-order valence-electron chi connectivity index (χ1n) is 10.7. The molecule has 1 saturated heterocycles. The van der Waals surface area contributed by atoms with E-state index in [0.29, 0.717) is 48.2 Å². The summed E-state index contributed by atoms with van der Waals surface area (Å²) >= 11 is 6.08. The Kier molecular flexibility index (Phi) is 6.55. The van der Waals surface area contributed by atoms with Crippen LogP contribution in [0.1, 0.15) is 37.9 Å². The molecule has 3 aromatic rings. The van der Waals surface area contributed by atoms with Crippen molar-refractivity contribution in [2.24, 2.45) is 0 Å². The number of aromatic nitrogens is 1. The van der Waals surface area contributed by atoms with Gasteiger partial charge in [0, 0.05) is 42.6 Å². The number of furan rings is 1. The second kappa shape index (κ2) is 9.54. The van der Waals surface area contributed by atoms with Gasteiger partial charge in [-0.15, -0.1) is 0 Å². The van der Waals surface area contributed by atoms with Crippen molar-refractivity contribution in [3.8, 4) is 0 Å². The Morgan fingerprint density at radius 2 is 1.85 bits per heavy atom. The number of Topliss-reactive ketones (excluding diaryl/α,β-unsaturated/α-hetero) is 1. The first-order chi connectivity index (χ1) is 15.8. The number of hydrogen-bond donors (Lipinski definition) is 2. The summed E-state index contributed by atoms with van der Waals surface area (Å²) in [7, 11) is 0. The molecule has 1 aliphatic rings. The molecule has 0 unspecified atom stereocenters. The van der Waals surface area contributed by atoms with Crippen molar-refractivity contribution in [1.29, 1.82) is 0 Å². The number of nitrogens with zero attached hydrogens (tertiary/aromatic N) is 2. The van der Waals surface area contributed by atoms with Gasteiger partial charge in [0.1, 0.15) is 11.5 Å². The van der Waals surface area contributed by atoms with Crippen LogP contribution in [0.2, 0.25) is 5.02 Å². The van der Waals surface area contributed by atoms with Crippen LogP contribution < -0.4 is 10.2 Å². The Balaban J connectivity index is 1.41. The summed E-state index contributed by atoms with van der Waals surface area (Å²) in [5, 5.41) is 3.41. The monoisotopic (exact) mass is 468 g/mol. The van der Waals surface area contributed by atoms with Crippen LogP contribution >= 0.6 is 11.6 Å². The number of piperazine rings is 1. The van der Waals surface area contributed by atoms with Crippen LogP contribution in [0.25, 0.3) is 0 Å². The van der Waals surface area contributed by atoms with E-state index < -0.39 is 11.7 Å². The van der Waals surface area contributed by atoms with Crippen LogP contribution in [0, 0.1) is 13.8 Å². The predicted octanol–water partition coefficient (Wildman–Crippen LogP) is 3.34. The van der Waals surface area contributed by atoms with Crippen molar-refractivity contribution in [1.82, 2.24) is 15.2 Å². The predicted molar refractivity (Wildman–Crippen MR) is 125 cm³/mol. The van der Waals surface area contributed by atoms with Crippen LogP contribution in [0.3, 0.4) is 0 Å². The van der Waals surface area contributed by atoms with E-state index in [-0.39, 0.29) is 23.7 Å². The van der Waals surface area contributed by atoms with Crippen molar-refractivity contribution in [3.63, 3.8) is 0 Å². The van der Waals surface area contributed by atoms with Gasteiger partial charge in [0.2, 0.25) is 0 Å². The van der Waals surface area contributed by atoms with Crippen molar-refractivity contribution >= 4 is 34.9 Å². The van der Waals surface area contributed by atoms with Crippen LogP contribution in [-0.4, -0.2) is 53.7 Å². The van der Waals surface area contributed by atoms with E-state index in [1.54, 1.807) is 30.9 Å². The van der Waals surface area contributed by atoms with Gasteiger partial charge < -0.3 is 24.5 Å². The molecule has 1 aromatic carbocycles. The average molecular weight is 469 g/mol. The number of halogens is 1. The molecule has 0 atom stereocenters. The smallest absolute Gasteiger partial charge is 0.295 e. The first-order valence-corrected chi connectivity index (χ1v) is 11.1. The summed E-state index contributed by atoms with van der Waals surface area (Å²) in [5.74, 6) is -0.919. The van der Waals surface area contributed by atoms with Crippen LogP contribution in [0.5, 0.6) is 0 Å². The molecule has 0 radical (unpaired) electrons. The maximum Gasteiger partial charge on any atom is 0.295 e. The molecule has 0 aliphatic carbocycles. The lowest BCUT2D eigenvalue weighted by molar-refractivity contribution is -0.126. The number of carbonyl (C=O) groups is 3. The Morgan fingerprint density at radius 1 is 1.09 bits per heavy atom. The maximum atomic E-state index is 13.1. The molecule has 0 saturated carbocycles. The van der Waals surface area contributed by atoms with E-state index >= 15 is 0 Å². The second-order valence-corrected chi connectivity index (χ2v) is 8.41. The third-order valence-corrected chi connectivity index (χ3v) is 6.06. The van der Waals surface area contributed by atoms with Gasteiger partial charge in [-0.05, 0) is 49.7 Å². The summed E-state index contributed by atoms with van der Waals surface area (Å²) in [6, 6.07) is 11.1. The Labute approximate surface area is 196 Å². The van der Waals surface area contributed by atoms with E-state index in [9.17, 15) is 14.4 Å². The molecule has 2 aromatic heterocycles. The van der Waals surface area contributed by atoms with Gasteiger partial charge in [0.25, 0.3) is 17.6 Å². The molecule has 9 heteroatoms. The third-order valence-electron chi connectivity index (χ3n) is 5.83. The van der Waals surface area contributed by atoms with E-state index in [4.69, 9.17) is 16.0 Å². The largest absolute Gasteiger partial charge is 0.467 e. The quantitative estimate of drug-likeness (QED) is 0.427. The van der Waals surface area contributed by atoms with Crippen LogP contribution in [0.15, 0.2) is 47.1 Å². The summed E-state index contributed by atoms with van der Waals surface area (Å²) in [5.41, 5.74) is 2.46. The first kappa shape index (κ1) is 22.7. The third kappa shape index (κ3) is 4.80. The fourth-order valence-electron chi connectivity index (χ4n) is 4.08. The number of aryl methyl sites for hydroxylation is 1.